The molecule has 5 nitrogen and oxygen atoms in total. The van der Waals surface area contributed by atoms with Gasteiger partial charge in [0.2, 0.25) is 11.8 Å². The molecule has 4 rings (SSSR count). The number of piperidine rings is 2. The van der Waals surface area contributed by atoms with Gasteiger partial charge in [-0.25, -0.2) is 0 Å². The second-order valence-electron chi connectivity index (χ2n) is 8.56. The quantitative estimate of drug-likeness (QED) is 0.794. The van der Waals surface area contributed by atoms with Crippen LogP contribution in [-0.2, 0) is 9.59 Å². The van der Waals surface area contributed by atoms with Gasteiger partial charge in [-0.3, -0.25) is 9.59 Å². The highest BCUT2D eigenvalue weighted by Crippen LogP contribution is 2.31. The Hall–Kier alpha value is -2.04. The van der Waals surface area contributed by atoms with Gasteiger partial charge in [-0.05, 0) is 69.2 Å². The van der Waals surface area contributed by atoms with Crippen molar-refractivity contribution >= 4 is 23.2 Å². The highest BCUT2D eigenvalue weighted by atomic mass is 16.2. The Labute approximate surface area is 168 Å². The number of amides is 2. The highest BCUT2D eigenvalue weighted by molar-refractivity contribution is 6.00. The standard InChI is InChI=1S/C23H33N3O2/c1-2-19-8-4-7-15-25(19)23(28)18-16-22(27)26(17-18)21-11-9-20(10-12-21)24-13-5-3-6-14-24/h9-12,18-19H,2-8,13-17H2,1H3. The van der Waals surface area contributed by atoms with Gasteiger partial charge in [-0.1, -0.05) is 6.92 Å². The maximum absolute atomic E-state index is 13.1. The molecule has 0 aromatic heterocycles. The first-order valence-corrected chi connectivity index (χ1v) is 11.1. The molecule has 0 spiro atoms. The van der Waals surface area contributed by atoms with Crippen LogP contribution in [0.2, 0.25) is 0 Å². The molecule has 3 aliphatic rings. The van der Waals surface area contributed by atoms with Gasteiger partial charge in [0, 0.05) is 50.0 Å². The van der Waals surface area contributed by atoms with Gasteiger partial charge in [0.05, 0.1) is 5.92 Å². The summed E-state index contributed by atoms with van der Waals surface area (Å²) in [6.45, 7) is 5.77. The van der Waals surface area contributed by atoms with E-state index in [1.165, 1.54) is 31.4 Å². The summed E-state index contributed by atoms with van der Waals surface area (Å²) in [5.41, 5.74) is 2.16. The fourth-order valence-corrected chi connectivity index (χ4v) is 5.07. The molecule has 2 amide bonds. The van der Waals surface area contributed by atoms with Crippen LogP contribution in [-0.4, -0.2) is 48.9 Å². The van der Waals surface area contributed by atoms with Crippen molar-refractivity contribution in [1.82, 2.24) is 4.90 Å². The summed E-state index contributed by atoms with van der Waals surface area (Å²) >= 11 is 0. The molecule has 3 aliphatic heterocycles. The summed E-state index contributed by atoms with van der Waals surface area (Å²) in [5, 5.41) is 0. The van der Waals surface area contributed by atoms with E-state index in [4.69, 9.17) is 0 Å². The maximum atomic E-state index is 13.1. The lowest BCUT2D eigenvalue weighted by atomic mass is 9.97. The second kappa shape index (κ2) is 8.54. The van der Waals surface area contributed by atoms with Crippen LogP contribution in [0.15, 0.2) is 24.3 Å². The van der Waals surface area contributed by atoms with E-state index in [-0.39, 0.29) is 17.7 Å². The average Bonchev–Trinajstić information content (AvgIpc) is 3.15. The van der Waals surface area contributed by atoms with Crippen LogP contribution in [0, 0.1) is 5.92 Å². The molecule has 0 radical (unpaired) electrons. The van der Waals surface area contributed by atoms with Gasteiger partial charge < -0.3 is 14.7 Å². The molecule has 0 bridgehead atoms. The zero-order chi connectivity index (χ0) is 19.5. The van der Waals surface area contributed by atoms with Gasteiger partial charge in [0.25, 0.3) is 0 Å². The first kappa shape index (κ1) is 19.3. The Morgan fingerprint density at radius 2 is 1.64 bits per heavy atom. The Morgan fingerprint density at radius 3 is 2.36 bits per heavy atom. The molecule has 3 saturated heterocycles. The van der Waals surface area contributed by atoms with Crippen LogP contribution in [0.4, 0.5) is 11.4 Å². The summed E-state index contributed by atoms with van der Waals surface area (Å²) in [7, 11) is 0. The number of nitrogens with zero attached hydrogens (tertiary/aromatic N) is 3. The summed E-state index contributed by atoms with van der Waals surface area (Å²) in [5.74, 6) is 0.0721. The van der Waals surface area contributed by atoms with Crippen LogP contribution < -0.4 is 9.80 Å². The lowest BCUT2D eigenvalue weighted by Gasteiger charge is -2.36. The summed E-state index contributed by atoms with van der Waals surface area (Å²) in [6.07, 6.45) is 8.59. The van der Waals surface area contributed by atoms with Gasteiger partial charge in [0.1, 0.15) is 0 Å². The number of rotatable bonds is 4. The summed E-state index contributed by atoms with van der Waals surface area (Å²) in [4.78, 5) is 32.0. The number of likely N-dealkylation sites (tertiary alicyclic amines) is 1. The largest absolute Gasteiger partial charge is 0.372 e. The number of benzene rings is 1. The number of carbonyl (C=O) groups is 2. The van der Waals surface area contributed by atoms with Gasteiger partial charge >= 0.3 is 0 Å². The third-order valence-corrected chi connectivity index (χ3v) is 6.74. The first-order chi connectivity index (χ1) is 13.7. The maximum Gasteiger partial charge on any atom is 0.228 e. The normalized spacial score (nSPS) is 26.0. The van der Waals surface area contributed by atoms with Crippen LogP contribution in [0.1, 0.15) is 58.3 Å². The van der Waals surface area contributed by atoms with Crippen molar-refractivity contribution in [2.45, 2.75) is 64.3 Å². The SMILES string of the molecule is CCC1CCCCN1C(=O)C1CC(=O)N(c2ccc(N3CCCCC3)cc2)C1. The van der Waals surface area contributed by atoms with E-state index in [9.17, 15) is 9.59 Å². The van der Waals surface area contributed by atoms with E-state index in [1.54, 1.807) is 0 Å². The molecule has 1 aromatic rings. The van der Waals surface area contributed by atoms with Crippen molar-refractivity contribution in [1.29, 1.82) is 0 Å². The fraction of sp³-hybridized carbons (Fsp3) is 0.652. The number of hydrogen-bond acceptors (Lipinski definition) is 3. The zero-order valence-electron chi connectivity index (χ0n) is 17.1. The molecule has 0 saturated carbocycles. The molecular formula is C23H33N3O2. The van der Waals surface area contributed by atoms with Gasteiger partial charge in [-0.15, -0.1) is 0 Å². The van der Waals surface area contributed by atoms with Crippen molar-refractivity contribution < 1.29 is 9.59 Å². The van der Waals surface area contributed by atoms with E-state index in [1.807, 2.05) is 17.0 Å². The molecular weight excluding hydrogens is 350 g/mol. The van der Waals surface area contributed by atoms with Crippen LogP contribution in [0.5, 0.6) is 0 Å². The van der Waals surface area contributed by atoms with Crippen molar-refractivity contribution in [3.05, 3.63) is 24.3 Å². The number of carbonyl (C=O) groups excluding carboxylic acids is 2. The van der Waals surface area contributed by atoms with Crippen LogP contribution >= 0.6 is 0 Å². The Balaban J connectivity index is 1.42. The molecule has 0 aliphatic carbocycles. The third-order valence-electron chi connectivity index (χ3n) is 6.74. The molecule has 3 heterocycles. The van der Waals surface area contributed by atoms with Crippen molar-refractivity contribution in [3.8, 4) is 0 Å². The van der Waals surface area contributed by atoms with Gasteiger partial charge in [0.15, 0.2) is 0 Å². The minimum absolute atomic E-state index is 0.0779. The molecule has 3 fully saturated rings. The summed E-state index contributed by atoms with van der Waals surface area (Å²) in [6, 6.07) is 8.70. The lowest BCUT2D eigenvalue weighted by molar-refractivity contribution is -0.139. The molecule has 28 heavy (non-hydrogen) atoms. The minimum Gasteiger partial charge on any atom is -0.372 e. The molecule has 0 N–H and O–H groups in total. The predicted molar refractivity (Wildman–Crippen MR) is 113 cm³/mol. The highest BCUT2D eigenvalue weighted by Gasteiger charge is 2.39. The van der Waals surface area contributed by atoms with E-state index >= 15 is 0 Å². The lowest BCUT2D eigenvalue weighted by Crippen LogP contribution is -2.46. The second-order valence-corrected chi connectivity index (χ2v) is 8.56. The van der Waals surface area contributed by atoms with Gasteiger partial charge in [-0.2, -0.15) is 0 Å². The minimum atomic E-state index is -0.193. The Kier molecular flexibility index (Phi) is 5.88. The summed E-state index contributed by atoms with van der Waals surface area (Å²) < 4.78 is 0. The van der Waals surface area contributed by atoms with E-state index in [0.717, 1.165) is 44.6 Å². The van der Waals surface area contributed by atoms with Crippen LogP contribution in [0.3, 0.4) is 0 Å². The average molecular weight is 384 g/mol. The van der Waals surface area contributed by atoms with Crippen molar-refractivity contribution in [2.75, 3.05) is 36.0 Å². The van der Waals surface area contributed by atoms with E-state index in [2.05, 4.69) is 28.9 Å². The first-order valence-electron chi connectivity index (χ1n) is 11.1. The van der Waals surface area contributed by atoms with Crippen molar-refractivity contribution in [3.63, 3.8) is 0 Å². The van der Waals surface area contributed by atoms with E-state index in [0.29, 0.717) is 19.0 Å². The Morgan fingerprint density at radius 1 is 0.964 bits per heavy atom. The number of anilines is 2. The molecule has 2 atom stereocenters. The topological polar surface area (TPSA) is 43.9 Å². The molecule has 2 unspecified atom stereocenters. The fourth-order valence-electron chi connectivity index (χ4n) is 5.07. The van der Waals surface area contributed by atoms with E-state index < -0.39 is 0 Å². The smallest absolute Gasteiger partial charge is 0.228 e. The monoisotopic (exact) mass is 383 g/mol. The predicted octanol–water partition coefficient (Wildman–Crippen LogP) is 3.82. The zero-order valence-corrected chi connectivity index (χ0v) is 17.1. The number of hydrogen-bond donors (Lipinski definition) is 0. The third kappa shape index (κ3) is 3.89. The van der Waals surface area contributed by atoms with Crippen molar-refractivity contribution in [2.24, 2.45) is 5.92 Å². The molecule has 5 heteroatoms. The molecule has 152 valence electrons. The Bertz CT molecular complexity index is 696. The van der Waals surface area contributed by atoms with Crippen LogP contribution in [0.25, 0.3) is 0 Å². The molecule has 1 aromatic carbocycles.